The predicted octanol–water partition coefficient (Wildman–Crippen LogP) is 2.80. The zero-order valence-electron chi connectivity index (χ0n) is 12.2. The second-order valence-corrected chi connectivity index (χ2v) is 6.28. The zero-order valence-corrected chi connectivity index (χ0v) is 13.0. The molecule has 0 unspecified atom stereocenters. The molecule has 1 aliphatic rings. The molecule has 5 heteroatoms. The predicted molar refractivity (Wildman–Crippen MR) is 86.0 cm³/mol. The summed E-state index contributed by atoms with van der Waals surface area (Å²) in [4.78, 5) is 21.0. The quantitative estimate of drug-likeness (QED) is 0.856. The molecule has 1 amide bonds. The van der Waals surface area contributed by atoms with E-state index in [1.165, 1.54) is 17.0 Å². The minimum atomic E-state index is 0.0641. The van der Waals surface area contributed by atoms with Gasteiger partial charge in [0.2, 0.25) is 0 Å². The lowest BCUT2D eigenvalue weighted by molar-refractivity contribution is 0.0762. The van der Waals surface area contributed by atoms with Gasteiger partial charge in [0.25, 0.3) is 5.91 Å². The summed E-state index contributed by atoms with van der Waals surface area (Å²) in [5.74, 6) is 0.0641. The number of amides is 1. The number of hydrogen-bond acceptors (Lipinski definition) is 4. The molecule has 0 atom stereocenters. The van der Waals surface area contributed by atoms with Gasteiger partial charge in [-0.15, -0.1) is 11.3 Å². The van der Waals surface area contributed by atoms with Crippen LogP contribution in [0.4, 0.5) is 5.69 Å². The molecule has 0 aliphatic carbocycles. The van der Waals surface area contributed by atoms with Crippen LogP contribution in [0.1, 0.15) is 21.9 Å². The lowest BCUT2D eigenvalue weighted by Crippen LogP contribution is -2.35. The average Bonchev–Trinajstić information content (AvgIpc) is 2.81. The van der Waals surface area contributed by atoms with E-state index in [9.17, 15) is 4.79 Å². The first-order valence-electron chi connectivity index (χ1n) is 7.25. The van der Waals surface area contributed by atoms with Crippen LogP contribution in [0, 0.1) is 6.92 Å². The Balaban J connectivity index is 1.67. The van der Waals surface area contributed by atoms with E-state index in [-0.39, 0.29) is 5.91 Å². The second-order valence-electron chi connectivity index (χ2n) is 5.22. The Morgan fingerprint density at radius 3 is 2.67 bits per heavy atom. The van der Waals surface area contributed by atoms with E-state index in [0.717, 1.165) is 37.6 Å². The molecule has 1 fully saturated rings. The van der Waals surface area contributed by atoms with Crippen LogP contribution < -0.4 is 4.90 Å². The average molecular weight is 301 g/mol. The number of aryl methyl sites for hydroxylation is 1. The second kappa shape index (κ2) is 6.26. The molecule has 110 valence electrons. The van der Waals surface area contributed by atoms with Gasteiger partial charge in [-0.2, -0.15) is 0 Å². The Morgan fingerprint density at radius 2 is 1.95 bits per heavy atom. The van der Waals surface area contributed by atoms with Crippen LogP contribution in [0.25, 0.3) is 0 Å². The maximum atomic E-state index is 12.5. The van der Waals surface area contributed by atoms with Crippen molar-refractivity contribution >= 4 is 22.9 Å². The number of nitrogens with zero attached hydrogens (tertiary/aromatic N) is 3. The summed E-state index contributed by atoms with van der Waals surface area (Å²) >= 11 is 1.53. The van der Waals surface area contributed by atoms with E-state index in [4.69, 9.17) is 0 Å². The Labute approximate surface area is 129 Å². The van der Waals surface area contributed by atoms with E-state index >= 15 is 0 Å². The molecular formula is C16H19N3OS. The van der Waals surface area contributed by atoms with Gasteiger partial charge in [-0.25, -0.2) is 4.98 Å². The molecule has 0 radical (unpaired) electrons. The first-order chi connectivity index (χ1) is 10.2. The summed E-state index contributed by atoms with van der Waals surface area (Å²) in [6, 6.07) is 10.4. The highest BCUT2D eigenvalue weighted by molar-refractivity contribution is 7.09. The first kappa shape index (κ1) is 14.1. The fourth-order valence-electron chi connectivity index (χ4n) is 2.64. The summed E-state index contributed by atoms with van der Waals surface area (Å²) in [5.41, 5.74) is 1.82. The van der Waals surface area contributed by atoms with Gasteiger partial charge in [0.1, 0.15) is 5.69 Å². The largest absolute Gasteiger partial charge is 0.370 e. The number of benzene rings is 1. The number of carbonyl (C=O) groups is 1. The van der Waals surface area contributed by atoms with E-state index in [1.54, 1.807) is 0 Å². The van der Waals surface area contributed by atoms with Crippen molar-refractivity contribution in [1.82, 2.24) is 9.88 Å². The third kappa shape index (κ3) is 3.24. The van der Waals surface area contributed by atoms with Crippen molar-refractivity contribution in [3.8, 4) is 0 Å². The molecule has 2 aromatic rings. The monoisotopic (exact) mass is 301 g/mol. The molecule has 1 aromatic carbocycles. The van der Waals surface area contributed by atoms with E-state index in [2.05, 4.69) is 34.1 Å². The van der Waals surface area contributed by atoms with Crippen molar-refractivity contribution in [3.63, 3.8) is 0 Å². The smallest absolute Gasteiger partial charge is 0.273 e. The summed E-state index contributed by atoms with van der Waals surface area (Å²) in [5, 5.41) is 2.80. The highest BCUT2D eigenvalue weighted by Crippen LogP contribution is 2.17. The molecule has 2 heterocycles. The van der Waals surface area contributed by atoms with Crippen LogP contribution >= 0.6 is 11.3 Å². The number of hydrogen-bond donors (Lipinski definition) is 0. The number of carbonyl (C=O) groups excluding carboxylic acids is 1. The summed E-state index contributed by atoms with van der Waals surface area (Å²) < 4.78 is 0. The fraction of sp³-hybridized carbons (Fsp3) is 0.375. The van der Waals surface area contributed by atoms with Crippen molar-refractivity contribution in [2.75, 3.05) is 31.1 Å². The summed E-state index contributed by atoms with van der Waals surface area (Å²) in [7, 11) is 0. The Kier molecular flexibility index (Phi) is 4.20. The van der Waals surface area contributed by atoms with Crippen molar-refractivity contribution in [3.05, 3.63) is 46.4 Å². The molecule has 1 aromatic heterocycles. The van der Waals surface area contributed by atoms with Crippen LogP contribution in [-0.2, 0) is 0 Å². The minimum absolute atomic E-state index is 0.0641. The lowest BCUT2D eigenvalue weighted by atomic mass is 10.3. The van der Waals surface area contributed by atoms with Crippen LogP contribution in [0.3, 0.4) is 0 Å². The van der Waals surface area contributed by atoms with Gasteiger partial charge in [-0.1, -0.05) is 18.2 Å². The number of rotatable bonds is 2. The molecule has 3 rings (SSSR count). The van der Waals surface area contributed by atoms with Crippen molar-refractivity contribution < 1.29 is 4.79 Å². The molecule has 1 saturated heterocycles. The van der Waals surface area contributed by atoms with Crippen LogP contribution in [0.15, 0.2) is 35.7 Å². The minimum Gasteiger partial charge on any atom is -0.370 e. The number of aromatic nitrogens is 1. The van der Waals surface area contributed by atoms with Gasteiger partial charge in [0, 0.05) is 37.2 Å². The standard InChI is InChI=1S/C16H19N3OS/c1-13-17-15(12-21-13)16(20)19-9-5-8-18(10-11-19)14-6-3-2-4-7-14/h2-4,6-7,12H,5,8-11H2,1H3. The molecule has 0 spiro atoms. The third-order valence-corrected chi connectivity index (χ3v) is 4.52. The van der Waals surface area contributed by atoms with Crippen LogP contribution in [0.2, 0.25) is 0 Å². The van der Waals surface area contributed by atoms with E-state index < -0.39 is 0 Å². The third-order valence-electron chi connectivity index (χ3n) is 3.74. The Bertz CT molecular complexity index is 611. The Hall–Kier alpha value is -1.88. The van der Waals surface area contributed by atoms with Crippen molar-refractivity contribution in [2.24, 2.45) is 0 Å². The highest BCUT2D eigenvalue weighted by atomic mass is 32.1. The zero-order chi connectivity index (χ0) is 14.7. The summed E-state index contributed by atoms with van der Waals surface area (Å²) in [6.45, 7) is 5.35. The molecule has 0 bridgehead atoms. The molecule has 0 saturated carbocycles. The summed E-state index contributed by atoms with van der Waals surface area (Å²) in [6.07, 6.45) is 0.990. The van der Waals surface area contributed by atoms with Gasteiger partial charge < -0.3 is 9.80 Å². The van der Waals surface area contributed by atoms with Crippen molar-refractivity contribution in [1.29, 1.82) is 0 Å². The van der Waals surface area contributed by atoms with E-state index in [0.29, 0.717) is 5.69 Å². The van der Waals surface area contributed by atoms with Crippen molar-refractivity contribution in [2.45, 2.75) is 13.3 Å². The number of para-hydroxylation sites is 1. The van der Waals surface area contributed by atoms with Gasteiger partial charge in [-0.3, -0.25) is 4.79 Å². The fourth-order valence-corrected chi connectivity index (χ4v) is 3.23. The number of thiazole rings is 1. The lowest BCUT2D eigenvalue weighted by Gasteiger charge is -2.23. The molecule has 4 nitrogen and oxygen atoms in total. The molecule has 0 N–H and O–H groups in total. The molecular weight excluding hydrogens is 282 g/mol. The van der Waals surface area contributed by atoms with Gasteiger partial charge in [0.05, 0.1) is 5.01 Å². The van der Waals surface area contributed by atoms with E-state index in [1.807, 2.05) is 23.3 Å². The van der Waals surface area contributed by atoms with Gasteiger partial charge in [0.15, 0.2) is 0 Å². The Morgan fingerprint density at radius 1 is 1.14 bits per heavy atom. The number of anilines is 1. The SMILES string of the molecule is Cc1nc(C(=O)N2CCCN(c3ccccc3)CC2)cs1. The molecule has 1 aliphatic heterocycles. The normalized spacial score (nSPS) is 15.9. The van der Waals surface area contributed by atoms with Crippen LogP contribution in [0.5, 0.6) is 0 Å². The van der Waals surface area contributed by atoms with Gasteiger partial charge in [-0.05, 0) is 25.5 Å². The maximum absolute atomic E-state index is 12.5. The molecule has 21 heavy (non-hydrogen) atoms. The topological polar surface area (TPSA) is 36.4 Å². The first-order valence-corrected chi connectivity index (χ1v) is 8.13. The highest BCUT2D eigenvalue weighted by Gasteiger charge is 2.21. The van der Waals surface area contributed by atoms with Gasteiger partial charge >= 0.3 is 0 Å². The maximum Gasteiger partial charge on any atom is 0.273 e. The van der Waals surface area contributed by atoms with Crippen LogP contribution in [-0.4, -0.2) is 42.0 Å².